The molecule has 0 aliphatic carbocycles. The fourth-order valence-electron chi connectivity index (χ4n) is 4.99. The number of halogens is 3. The van der Waals surface area contributed by atoms with Gasteiger partial charge in [0.05, 0.1) is 39.9 Å². The summed E-state index contributed by atoms with van der Waals surface area (Å²) >= 11 is 0. The lowest BCUT2D eigenvalue weighted by molar-refractivity contribution is -0.136. The minimum absolute atomic E-state index is 0.162. The molecule has 5 heterocycles. The van der Waals surface area contributed by atoms with Crippen LogP contribution >= 0.6 is 0 Å². The number of aromatic nitrogens is 8. The third kappa shape index (κ3) is 3.84. The molecule has 5 aromatic rings. The second kappa shape index (κ2) is 8.17. The fraction of sp³-hybridized carbons (Fsp3) is 0.375. The van der Waals surface area contributed by atoms with Crippen molar-refractivity contribution in [1.82, 2.24) is 39.3 Å². The Hall–Kier alpha value is -3.76. The average molecular weight is 483 g/mol. The predicted octanol–water partition coefficient (Wildman–Crippen LogP) is 4.97. The molecule has 0 radical (unpaired) electrons. The van der Waals surface area contributed by atoms with Gasteiger partial charge in [-0.2, -0.15) is 18.3 Å². The third-order valence-electron chi connectivity index (χ3n) is 6.43. The van der Waals surface area contributed by atoms with Crippen molar-refractivity contribution >= 4 is 22.1 Å². The Morgan fingerprint density at radius 1 is 1.00 bits per heavy atom. The maximum Gasteiger partial charge on any atom is 0.389 e. The lowest BCUT2D eigenvalue weighted by Gasteiger charge is -2.23. The maximum atomic E-state index is 13.4. The van der Waals surface area contributed by atoms with E-state index in [2.05, 4.69) is 20.4 Å². The van der Waals surface area contributed by atoms with Crippen LogP contribution in [-0.4, -0.2) is 45.5 Å². The zero-order chi connectivity index (χ0) is 25.1. The molecule has 5 rings (SSSR count). The smallest absolute Gasteiger partial charge is 0.327 e. The van der Waals surface area contributed by atoms with Crippen LogP contribution in [0.3, 0.4) is 0 Å². The Balaban J connectivity index is 1.84. The Kier molecular flexibility index (Phi) is 5.37. The van der Waals surface area contributed by atoms with E-state index in [4.69, 9.17) is 4.98 Å². The summed E-state index contributed by atoms with van der Waals surface area (Å²) < 4.78 is 45.7. The van der Waals surface area contributed by atoms with Crippen LogP contribution in [0, 0.1) is 20.8 Å². The van der Waals surface area contributed by atoms with Crippen molar-refractivity contribution in [1.29, 1.82) is 0 Å². The molecule has 0 saturated heterocycles. The van der Waals surface area contributed by atoms with E-state index in [0.717, 1.165) is 33.5 Å². The van der Waals surface area contributed by atoms with E-state index in [0.29, 0.717) is 22.4 Å². The first-order chi connectivity index (χ1) is 16.6. The van der Waals surface area contributed by atoms with Crippen LogP contribution < -0.4 is 0 Å². The van der Waals surface area contributed by atoms with Gasteiger partial charge in [0.2, 0.25) is 0 Å². The molecule has 1 unspecified atom stereocenters. The van der Waals surface area contributed by atoms with Crippen molar-refractivity contribution in [2.75, 3.05) is 0 Å². The fourth-order valence-corrected chi connectivity index (χ4v) is 4.99. The SMILES string of the molecule is Cc1cccnc1C(CCC(F)(F)F)n1c2cc(-c3c(C)nnn3C)cnc2c2c1c(C)nn2C. The van der Waals surface area contributed by atoms with Crippen molar-refractivity contribution in [3.8, 4) is 11.3 Å². The van der Waals surface area contributed by atoms with Crippen molar-refractivity contribution in [2.24, 2.45) is 14.1 Å². The van der Waals surface area contributed by atoms with Gasteiger partial charge in [-0.3, -0.25) is 14.6 Å². The Labute approximate surface area is 199 Å². The molecule has 0 bridgehead atoms. The molecule has 0 aromatic carbocycles. The minimum atomic E-state index is -4.30. The number of fused-ring (bicyclic) bond motifs is 3. The number of hydrogen-bond donors (Lipinski definition) is 0. The summed E-state index contributed by atoms with van der Waals surface area (Å²) in [5.74, 6) is 0. The number of pyridine rings is 2. The number of alkyl halides is 3. The third-order valence-corrected chi connectivity index (χ3v) is 6.43. The van der Waals surface area contributed by atoms with Crippen LogP contribution in [0.15, 0.2) is 30.6 Å². The monoisotopic (exact) mass is 482 g/mol. The van der Waals surface area contributed by atoms with Crippen LogP contribution in [0.5, 0.6) is 0 Å². The summed E-state index contributed by atoms with van der Waals surface area (Å²) in [6.07, 6.45) is -2.03. The first-order valence-corrected chi connectivity index (χ1v) is 11.2. The van der Waals surface area contributed by atoms with Gasteiger partial charge in [-0.1, -0.05) is 11.3 Å². The summed E-state index contributed by atoms with van der Waals surface area (Å²) in [7, 11) is 3.62. The largest absolute Gasteiger partial charge is 0.389 e. The molecule has 0 N–H and O–H groups in total. The van der Waals surface area contributed by atoms with Crippen LogP contribution in [-0.2, 0) is 14.1 Å². The summed E-state index contributed by atoms with van der Waals surface area (Å²) in [4.78, 5) is 9.28. The second-order valence-electron chi connectivity index (χ2n) is 8.89. The van der Waals surface area contributed by atoms with E-state index in [1.165, 1.54) is 0 Å². The van der Waals surface area contributed by atoms with Crippen molar-refractivity contribution < 1.29 is 13.2 Å². The molecule has 8 nitrogen and oxygen atoms in total. The number of aryl methyl sites for hydroxylation is 5. The van der Waals surface area contributed by atoms with E-state index in [9.17, 15) is 13.2 Å². The molecule has 0 saturated carbocycles. The van der Waals surface area contributed by atoms with Gasteiger partial charge in [0.15, 0.2) is 0 Å². The molecule has 5 aromatic heterocycles. The first kappa shape index (κ1) is 23.0. The highest BCUT2D eigenvalue weighted by Crippen LogP contribution is 2.39. The Morgan fingerprint density at radius 3 is 2.43 bits per heavy atom. The predicted molar refractivity (Wildman–Crippen MR) is 126 cm³/mol. The number of nitrogens with zero attached hydrogens (tertiary/aromatic N) is 8. The zero-order valence-electron chi connectivity index (χ0n) is 20.1. The first-order valence-electron chi connectivity index (χ1n) is 11.2. The van der Waals surface area contributed by atoms with Crippen LogP contribution in [0.1, 0.15) is 41.5 Å². The van der Waals surface area contributed by atoms with Crippen molar-refractivity contribution in [3.05, 3.63) is 53.2 Å². The molecule has 0 aliphatic rings. The Morgan fingerprint density at radius 2 is 1.77 bits per heavy atom. The standard InChI is InChI=1S/C24H25F3N8/c1-13-7-6-10-28-19(13)17(8-9-24(25,26)27)35-18-11-16(21-14(2)30-32-34(21)5)12-29-20(18)23-22(35)15(3)31-33(23)4/h6-7,10-12,17H,8-9H2,1-5H3. The minimum Gasteiger partial charge on any atom is -0.327 e. The van der Waals surface area contributed by atoms with Crippen LogP contribution in [0.4, 0.5) is 13.2 Å². The van der Waals surface area contributed by atoms with E-state index in [1.54, 1.807) is 34.9 Å². The van der Waals surface area contributed by atoms with Gasteiger partial charge in [-0.15, -0.1) is 5.10 Å². The van der Waals surface area contributed by atoms with E-state index < -0.39 is 18.6 Å². The van der Waals surface area contributed by atoms with Gasteiger partial charge in [-0.05, 0) is 44.9 Å². The summed E-state index contributed by atoms with van der Waals surface area (Å²) in [5.41, 5.74) is 7.37. The highest BCUT2D eigenvalue weighted by molar-refractivity contribution is 6.05. The summed E-state index contributed by atoms with van der Waals surface area (Å²) in [6.45, 7) is 5.59. The molecular weight excluding hydrogens is 457 g/mol. The van der Waals surface area contributed by atoms with Crippen LogP contribution in [0.2, 0.25) is 0 Å². The lowest BCUT2D eigenvalue weighted by atomic mass is 10.0. The van der Waals surface area contributed by atoms with Crippen molar-refractivity contribution in [3.63, 3.8) is 0 Å². The van der Waals surface area contributed by atoms with Crippen molar-refractivity contribution in [2.45, 2.75) is 45.8 Å². The van der Waals surface area contributed by atoms with Gasteiger partial charge in [-0.25, -0.2) is 4.68 Å². The van der Waals surface area contributed by atoms with E-state index in [1.807, 2.05) is 44.5 Å². The van der Waals surface area contributed by atoms with Gasteiger partial charge in [0, 0.05) is 38.5 Å². The average Bonchev–Trinajstić information content (AvgIpc) is 3.40. The number of rotatable bonds is 5. The zero-order valence-corrected chi connectivity index (χ0v) is 20.1. The normalized spacial score (nSPS) is 13.3. The molecule has 0 spiro atoms. The van der Waals surface area contributed by atoms with E-state index in [-0.39, 0.29) is 6.42 Å². The van der Waals surface area contributed by atoms with Crippen LogP contribution in [0.25, 0.3) is 33.3 Å². The topological polar surface area (TPSA) is 79.2 Å². The molecular formula is C24H25F3N8. The lowest BCUT2D eigenvalue weighted by Crippen LogP contribution is -2.18. The molecule has 0 amide bonds. The van der Waals surface area contributed by atoms with E-state index >= 15 is 0 Å². The highest BCUT2D eigenvalue weighted by atomic mass is 19.4. The summed E-state index contributed by atoms with van der Waals surface area (Å²) in [5, 5.41) is 12.8. The molecule has 182 valence electrons. The molecule has 0 fully saturated rings. The van der Waals surface area contributed by atoms with Gasteiger partial charge in [0.1, 0.15) is 11.0 Å². The quantitative estimate of drug-likeness (QED) is 0.353. The maximum absolute atomic E-state index is 13.4. The van der Waals surface area contributed by atoms with Gasteiger partial charge >= 0.3 is 6.18 Å². The highest BCUT2D eigenvalue weighted by Gasteiger charge is 2.33. The second-order valence-corrected chi connectivity index (χ2v) is 8.89. The molecule has 35 heavy (non-hydrogen) atoms. The molecule has 11 heteroatoms. The molecule has 0 aliphatic heterocycles. The number of hydrogen-bond acceptors (Lipinski definition) is 5. The summed E-state index contributed by atoms with van der Waals surface area (Å²) in [6, 6.07) is 4.95. The molecule has 1 atom stereocenters. The Bertz CT molecular complexity index is 1540. The van der Waals surface area contributed by atoms with Gasteiger partial charge in [0.25, 0.3) is 0 Å². The van der Waals surface area contributed by atoms with Gasteiger partial charge < -0.3 is 4.57 Å².